The van der Waals surface area contributed by atoms with E-state index >= 15 is 0 Å². The summed E-state index contributed by atoms with van der Waals surface area (Å²) >= 11 is 13.1. The van der Waals surface area contributed by atoms with Crippen LogP contribution in [0.5, 0.6) is 11.5 Å². The average molecular weight is 462 g/mol. The maximum atomic E-state index is 9.72. The largest absolute Gasteiger partial charge is 0.508 e. The van der Waals surface area contributed by atoms with Crippen LogP contribution in [0, 0.1) is 0 Å². The highest BCUT2D eigenvalue weighted by atomic mass is 35.5. The minimum Gasteiger partial charge on any atom is -0.508 e. The number of aliphatic imine (C=N–C) groups is 1. The van der Waals surface area contributed by atoms with Crippen LogP contribution in [-0.2, 0) is 0 Å². The van der Waals surface area contributed by atoms with Gasteiger partial charge in [0.2, 0.25) is 0 Å². The number of halogens is 2. The van der Waals surface area contributed by atoms with Gasteiger partial charge < -0.3 is 15.2 Å². The molecule has 0 bridgehead atoms. The van der Waals surface area contributed by atoms with Crippen molar-refractivity contribution in [1.29, 1.82) is 0 Å². The van der Waals surface area contributed by atoms with Crippen molar-refractivity contribution in [3.63, 3.8) is 0 Å². The summed E-state index contributed by atoms with van der Waals surface area (Å²) < 4.78 is 5.97. The molecule has 31 heavy (non-hydrogen) atoms. The van der Waals surface area contributed by atoms with E-state index in [1.807, 2.05) is 24.3 Å². The Balaban J connectivity index is 1.49. The Bertz CT molecular complexity index is 944. The molecule has 2 aliphatic heterocycles. The van der Waals surface area contributed by atoms with E-state index < -0.39 is 0 Å². The summed E-state index contributed by atoms with van der Waals surface area (Å²) in [5.74, 6) is 1.83. The quantitative estimate of drug-likeness (QED) is 0.550. The zero-order chi connectivity index (χ0) is 21.8. The first-order valence-corrected chi connectivity index (χ1v) is 11.8. The van der Waals surface area contributed by atoms with Gasteiger partial charge in [-0.1, -0.05) is 48.7 Å². The lowest BCUT2D eigenvalue weighted by molar-refractivity contribution is 0.183. The minimum absolute atomic E-state index is 0.143. The van der Waals surface area contributed by atoms with E-state index in [2.05, 4.69) is 17.1 Å². The Hall–Kier alpha value is -1.95. The van der Waals surface area contributed by atoms with Crippen molar-refractivity contribution in [2.75, 3.05) is 26.2 Å². The van der Waals surface area contributed by atoms with Gasteiger partial charge >= 0.3 is 0 Å². The highest BCUT2D eigenvalue weighted by Crippen LogP contribution is 2.42. The lowest BCUT2D eigenvalue weighted by Gasteiger charge is -2.26. The zero-order valence-electron chi connectivity index (χ0n) is 17.8. The van der Waals surface area contributed by atoms with Gasteiger partial charge in [-0.3, -0.25) is 9.89 Å². The number of nitrogens with zero attached hydrogens (tertiary/aromatic N) is 2. The molecule has 2 aromatic carbocycles. The van der Waals surface area contributed by atoms with Gasteiger partial charge in [-0.05, 0) is 61.3 Å². The maximum absolute atomic E-state index is 9.72. The topological polar surface area (TPSA) is 57.1 Å². The van der Waals surface area contributed by atoms with Gasteiger partial charge in [0, 0.05) is 23.0 Å². The number of hydrogen-bond acceptors (Lipinski definition) is 5. The second-order valence-electron chi connectivity index (χ2n) is 8.14. The number of benzene rings is 2. The van der Waals surface area contributed by atoms with Gasteiger partial charge in [0.25, 0.3) is 0 Å². The maximum Gasteiger partial charge on any atom is 0.120 e. The molecule has 1 saturated heterocycles. The van der Waals surface area contributed by atoms with Gasteiger partial charge in [0.05, 0.1) is 11.9 Å². The summed E-state index contributed by atoms with van der Waals surface area (Å²) in [6.45, 7) is 5.99. The smallest absolute Gasteiger partial charge is 0.120 e. The van der Waals surface area contributed by atoms with Crippen LogP contribution >= 0.6 is 23.2 Å². The van der Waals surface area contributed by atoms with Crippen LogP contribution in [0.4, 0.5) is 0 Å². The number of hydrogen-bond donors (Lipinski definition) is 2. The summed E-state index contributed by atoms with van der Waals surface area (Å²) in [5, 5.41) is 14.3. The SMILES string of the molecule is CCC1=NC(c2ccc(OCCN3CCCCC3)cc2Cl)C(c2ccc(O)cc2Cl)N1. The van der Waals surface area contributed by atoms with E-state index in [9.17, 15) is 5.11 Å². The van der Waals surface area contributed by atoms with Crippen molar-refractivity contribution < 1.29 is 9.84 Å². The molecule has 2 aliphatic rings. The molecular weight excluding hydrogens is 433 g/mol. The number of phenolic OH excluding ortho intramolecular Hbond substituents is 1. The Kier molecular flexibility index (Phi) is 7.26. The predicted molar refractivity (Wildman–Crippen MR) is 127 cm³/mol. The van der Waals surface area contributed by atoms with E-state index in [0.29, 0.717) is 16.7 Å². The van der Waals surface area contributed by atoms with Crippen LogP contribution in [0.1, 0.15) is 55.8 Å². The van der Waals surface area contributed by atoms with Gasteiger partial charge in [0.15, 0.2) is 0 Å². The molecule has 0 spiro atoms. The number of likely N-dealkylation sites (tertiary alicyclic amines) is 1. The summed E-state index contributed by atoms with van der Waals surface area (Å²) in [7, 11) is 0. The van der Waals surface area contributed by atoms with Crippen molar-refractivity contribution in [3.8, 4) is 11.5 Å². The molecule has 0 amide bonds. The van der Waals surface area contributed by atoms with E-state index in [0.717, 1.165) is 48.8 Å². The Morgan fingerprint density at radius 3 is 2.52 bits per heavy atom. The van der Waals surface area contributed by atoms with Gasteiger partial charge in [-0.2, -0.15) is 0 Å². The number of amidine groups is 1. The standard InChI is InChI=1S/C24H29Cl2N3O2/c1-2-22-27-23(18-8-6-16(30)14-20(18)25)24(28-22)19-9-7-17(15-21(19)26)31-13-12-29-10-4-3-5-11-29/h6-9,14-15,23-24,30H,2-5,10-13H2,1H3,(H,27,28). The molecule has 2 heterocycles. The Labute approximate surface area is 194 Å². The Morgan fingerprint density at radius 1 is 1.06 bits per heavy atom. The van der Waals surface area contributed by atoms with Gasteiger partial charge in [0.1, 0.15) is 24.1 Å². The third kappa shape index (κ3) is 5.28. The van der Waals surface area contributed by atoms with Crippen LogP contribution < -0.4 is 10.1 Å². The fourth-order valence-corrected chi connectivity index (χ4v) is 4.88. The molecule has 4 rings (SSSR count). The highest BCUT2D eigenvalue weighted by molar-refractivity contribution is 6.32. The molecule has 0 saturated carbocycles. The molecule has 0 aliphatic carbocycles. The minimum atomic E-state index is -0.202. The number of ether oxygens (including phenoxy) is 1. The third-order valence-electron chi connectivity index (χ3n) is 6.00. The van der Waals surface area contributed by atoms with E-state index in [1.54, 1.807) is 12.1 Å². The molecule has 2 aromatic rings. The van der Waals surface area contributed by atoms with Crippen molar-refractivity contribution in [3.05, 3.63) is 57.6 Å². The van der Waals surface area contributed by atoms with Crippen molar-refractivity contribution >= 4 is 29.0 Å². The number of piperidine rings is 1. The summed E-state index contributed by atoms with van der Waals surface area (Å²) in [4.78, 5) is 7.32. The van der Waals surface area contributed by atoms with Crippen LogP contribution in [0.2, 0.25) is 10.0 Å². The van der Waals surface area contributed by atoms with Crippen LogP contribution in [0.25, 0.3) is 0 Å². The number of nitrogens with one attached hydrogen (secondary N) is 1. The first kappa shape index (κ1) is 22.3. The van der Waals surface area contributed by atoms with E-state index in [1.165, 1.54) is 19.3 Å². The molecule has 7 heteroatoms. The van der Waals surface area contributed by atoms with Crippen LogP contribution in [0.3, 0.4) is 0 Å². The van der Waals surface area contributed by atoms with Crippen LogP contribution in [0.15, 0.2) is 41.4 Å². The monoisotopic (exact) mass is 461 g/mol. The number of phenols is 1. The van der Waals surface area contributed by atoms with E-state index in [-0.39, 0.29) is 17.8 Å². The molecule has 1 fully saturated rings. The highest BCUT2D eigenvalue weighted by Gasteiger charge is 2.33. The third-order valence-corrected chi connectivity index (χ3v) is 6.66. The molecule has 166 valence electrons. The van der Waals surface area contributed by atoms with Gasteiger partial charge in [-0.25, -0.2) is 0 Å². The fourth-order valence-electron chi connectivity index (χ4n) is 4.31. The first-order valence-electron chi connectivity index (χ1n) is 11.0. The summed E-state index contributed by atoms with van der Waals surface area (Å²) in [6, 6.07) is 10.5. The molecular formula is C24H29Cl2N3O2. The fraction of sp³-hybridized carbons (Fsp3) is 0.458. The molecule has 5 nitrogen and oxygen atoms in total. The zero-order valence-corrected chi connectivity index (χ0v) is 19.3. The summed E-state index contributed by atoms with van der Waals surface area (Å²) in [6.07, 6.45) is 4.69. The molecule has 0 aromatic heterocycles. The molecule has 2 atom stereocenters. The Morgan fingerprint density at radius 2 is 1.81 bits per heavy atom. The van der Waals surface area contributed by atoms with E-state index in [4.69, 9.17) is 32.9 Å². The number of aromatic hydroxyl groups is 1. The predicted octanol–water partition coefficient (Wildman–Crippen LogP) is 5.76. The molecule has 2 unspecified atom stereocenters. The summed E-state index contributed by atoms with van der Waals surface area (Å²) in [5.41, 5.74) is 1.81. The number of rotatable bonds is 7. The van der Waals surface area contributed by atoms with Crippen molar-refractivity contribution in [2.24, 2.45) is 4.99 Å². The van der Waals surface area contributed by atoms with Crippen LogP contribution in [-0.4, -0.2) is 42.1 Å². The van der Waals surface area contributed by atoms with Crippen molar-refractivity contribution in [2.45, 2.75) is 44.7 Å². The first-order chi connectivity index (χ1) is 15.0. The van der Waals surface area contributed by atoms with Gasteiger partial charge in [-0.15, -0.1) is 0 Å². The molecule has 0 radical (unpaired) electrons. The lowest BCUT2D eigenvalue weighted by atomic mass is 9.94. The lowest BCUT2D eigenvalue weighted by Crippen LogP contribution is -2.33. The normalized spacial score (nSPS) is 21.6. The average Bonchev–Trinajstić information content (AvgIpc) is 3.18. The van der Waals surface area contributed by atoms with Crippen molar-refractivity contribution in [1.82, 2.24) is 10.2 Å². The molecule has 2 N–H and O–H groups in total. The second-order valence-corrected chi connectivity index (χ2v) is 8.95. The second kappa shape index (κ2) is 10.1.